The van der Waals surface area contributed by atoms with Crippen molar-refractivity contribution in [2.75, 3.05) is 6.61 Å². The van der Waals surface area contributed by atoms with Gasteiger partial charge in [0.05, 0.1) is 12.0 Å². The molecule has 25 heavy (non-hydrogen) atoms. The highest BCUT2D eigenvalue weighted by atomic mass is 16.5. The van der Waals surface area contributed by atoms with Crippen LogP contribution in [0.15, 0.2) is 12.2 Å². The van der Waals surface area contributed by atoms with Crippen LogP contribution in [0.1, 0.15) is 118 Å². The molecule has 0 rings (SSSR count). The van der Waals surface area contributed by atoms with E-state index in [0.29, 0.717) is 6.61 Å². The zero-order valence-corrected chi connectivity index (χ0v) is 17.6. The van der Waals surface area contributed by atoms with Crippen molar-refractivity contribution in [1.29, 1.82) is 0 Å². The molecule has 0 aromatic carbocycles. The van der Waals surface area contributed by atoms with Gasteiger partial charge in [-0.3, -0.25) is 4.79 Å². The Labute approximate surface area is 157 Å². The van der Waals surface area contributed by atoms with Gasteiger partial charge in [0.25, 0.3) is 0 Å². The lowest BCUT2D eigenvalue weighted by molar-refractivity contribution is -0.153. The normalized spacial score (nSPS) is 12.0. The summed E-state index contributed by atoms with van der Waals surface area (Å²) < 4.78 is 5.28. The summed E-state index contributed by atoms with van der Waals surface area (Å²) in [5, 5.41) is 0. The zero-order valence-electron chi connectivity index (χ0n) is 17.6. The monoisotopic (exact) mass is 352 g/mol. The van der Waals surface area contributed by atoms with Crippen molar-refractivity contribution in [3.63, 3.8) is 0 Å². The van der Waals surface area contributed by atoms with E-state index < -0.39 is 0 Å². The second-order valence-electron chi connectivity index (χ2n) is 8.32. The van der Waals surface area contributed by atoms with Crippen LogP contribution in [0, 0.1) is 5.41 Å². The fourth-order valence-electron chi connectivity index (χ4n) is 2.72. The van der Waals surface area contributed by atoms with Gasteiger partial charge in [-0.1, -0.05) is 83.3 Å². The van der Waals surface area contributed by atoms with Crippen molar-refractivity contribution >= 4 is 5.97 Å². The Hall–Kier alpha value is -0.790. The van der Waals surface area contributed by atoms with E-state index in [1.165, 1.54) is 83.5 Å². The number of carbonyl (C=O) groups excluding carboxylic acids is 1. The van der Waals surface area contributed by atoms with Crippen LogP contribution >= 0.6 is 0 Å². The summed E-state index contributed by atoms with van der Waals surface area (Å²) in [5.41, 5.74) is -0.370. The second kappa shape index (κ2) is 16.7. The fourth-order valence-corrected chi connectivity index (χ4v) is 2.72. The first-order valence-corrected chi connectivity index (χ1v) is 10.8. The summed E-state index contributed by atoms with van der Waals surface area (Å²) in [7, 11) is 0. The van der Waals surface area contributed by atoms with Gasteiger partial charge in [0, 0.05) is 0 Å². The molecular formula is C23H44O2. The third kappa shape index (κ3) is 17.8. The predicted molar refractivity (Wildman–Crippen MR) is 110 cm³/mol. The van der Waals surface area contributed by atoms with Gasteiger partial charge in [0.2, 0.25) is 0 Å². The van der Waals surface area contributed by atoms with Crippen LogP contribution in [0.25, 0.3) is 0 Å². The van der Waals surface area contributed by atoms with E-state index in [4.69, 9.17) is 4.74 Å². The molecule has 0 amide bonds. The minimum Gasteiger partial charge on any atom is -0.465 e. The van der Waals surface area contributed by atoms with Crippen LogP contribution in [-0.4, -0.2) is 12.6 Å². The number of rotatable bonds is 16. The van der Waals surface area contributed by atoms with E-state index in [1.807, 2.05) is 20.8 Å². The van der Waals surface area contributed by atoms with Crippen molar-refractivity contribution in [1.82, 2.24) is 0 Å². The van der Waals surface area contributed by atoms with Crippen LogP contribution in [0.5, 0.6) is 0 Å². The lowest BCUT2D eigenvalue weighted by Crippen LogP contribution is -2.23. The average molecular weight is 353 g/mol. The molecular weight excluding hydrogens is 308 g/mol. The van der Waals surface area contributed by atoms with Crippen molar-refractivity contribution < 1.29 is 9.53 Å². The van der Waals surface area contributed by atoms with Crippen molar-refractivity contribution in [3.05, 3.63) is 12.2 Å². The Morgan fingerprint density at radius 2 is 1.16 bits per heavy atom. The van der Waals surface area contributed by atoms with E-state index in [1.54, 1.807) is 0 Å². The van der Waals surface area contributed by atoms with E-state index in [9.17, 15) is 4.79 Å². The van der Waals surface area contributed by atoms with Gasteiger partial charge in [-0.05, 0) is 46.5 Å². The minimum atomic E-state index is -0.370. The molecule has 0 bridgehead atoms. The maximum atomic E-state index is 11.6. The van der Waals surface area contributed by atoms with Gasteiger partial charge in [-0.25, -0.2) is 0 Å². The van der Waals surface area contributed by atoms with Gasteiger partial charge in [-0.15, -0.1) is 0 Å². The van der Waals surface area contributed by atoms with Gasteiger partial charge in [-0.2, -0.15) is 0 Å². The molecule has 2 heteroatoms. The second-order valence-corrected chi connectivity index (χ2v) is 8.32. The van der Waals surface area contributed by atoms with Gasteiger partial charge < -0.3 is 4.74 Å². The maximum absolute atomic E-state index is 11.6. The Kier molecular flexibility index (Phi) is 16.1. The van der Waals surface area contributed by atoms with Crippen LogP contribution in [0.4, 0.5) is 0 Å². The maximum Gasteiger partial charge on any atom is 0.311 e. The molecule has 0 aromatic heterocycles. The van der Waals surface area contributed by atoms with Gasteiger partial charge >= 0.3 is 5.97 Å². The summed E-state index contributed by atoms with van der Waals surface area (Å²) in [4.78, 5) is 11.6. The van der Waals surface area contributed by atoms with E-state index >= 15 is 0 Å². The van der Waals surface area contributed by atoms with E-state index in [0.717, 1.165) is 6.42 Å². The summed E-state index contributed by atoms with van der Waals surface area (Å²) in [6.45, 7) is 8.54. The number of carbonyl (C=O) groups is 1. The third-order valence-corrected chi connectivity index (χ3v) is 4.50. The minimum absolute atomic E-state index is 0.0797. The molecule has 0 aliphatic heterocycles. The molecule has 0 unspecified atom stereocenters. The number of esters is 1. The van der Waals surface area contributed by atoms with Crippen molar-refractivity contribution in [2.24, 2.45) is 5.41 Å². The molecule has 0 heterocycles. The lowest BCUT2D eigenvalue weighted by Gasteiger charge is -2.16. The highest BCUT2D eigenvalue weighted by Crippen LogP contribution is 2.16. The largest absolute Gasteiger partial charge is 0.465 e. The Morgan fingerprint density at radius 1 is 0.720 bits per heavy atom. The number of allylic oxidation sites excluding steroid dienone is 2. The number of unbranched alkanes of at least 4 members (excludes halogenated alkanes) is 12. The van der Waals surface area contributed by atoms with Crippen molar-refractivity contribution in [2.45, 2.75) is 118 Å². The standard InChI is InChI=1S/C23H44O2/c1-5-6-7-8-9-10-11-12-13-14-15-16-17-18-19-20-21-25-22(24)23(2,3)4/h8-9H,5-7,10-21H2,1-4H3/b9-8+. The SMILES string of the molecule is CCCC/C=C/CCCCCCCCCCCCOC(=O)C(C)(C)C. The van der Waals surface area contributed by atoms with Crippen LogP contribution in [0.3, 0.4) is 0 Å². The molecule has 0 radical (unpaired) electrons. The smallest absolute Gasteiger partial charge is 0.311 e. The summed E-state index contributed by atoms with van der Waals surface area (Å²) >= 11 is 0. The van der Waals surface area contributed by atoms with Gasteiger partial charge in [0.15, 0.2) is 0 Å². The Morgan fingerprint density at radius 3 is 1.64 bits per heavy atom. The molecule has 0 aromatic rings. The third-order valence-electron chi connectivity index (χ3n) is 4.50. The first-order valence-electron chi connectivity index (χ1n) is 10.8. The summed E-state index contributed by atoms with van der Waals surface area (Å²) in [6, 6.07) is 0. The highest BCUT2D eigenvalue weighted by Gasteiger charge is 2.22. The quantitative estimate of drug-likeness (QED) is 0.162. The predicted octanol–water partition coefficient (Wildman–Crippen LogP) is 7.61. The van der Waals surface area contributed by atoms with Gasteiger partial charge in [0.1, 0.15) is 0 Å². The highest BCUT2D eigenvalue weighted by molar-refractivity contribution is 5.75. The molecule has 0 saturated carbocycles. The van der Waals surface area contributed by atoms with E-state index in [-0.39, 0.29) is 11.4 Å². The van der Waals surface area contributed by atoms with Crippen LogP contribution in [-0.2, 0) is 9.53 Å². The molecule has 0 saturated heterocycles. The molecule has 0 aliphatic carbocycles. The van der Waals surface area contributed by atoms with Crippen LogP contribution < -0.4 is 0 Å². The van der Waals surface area contributed by atoms with Crippen LogP contribution in [0.2, 0.25) is 0 Å². The molecule has 0 fully saturated rings. The van der Waals surface area contributed by atoms with E-state index in [2.05, 4.69) is 19.1 Å². The zero-order chi connectivity index (χ0) is 18.8. The molecule has 0 N–H and O–H groups in total. The number of ether oxygens (including phenoxy) is 1. The summed E-state index contributed by atoms with van der Waals surface area (Å²) in [6.07, 6.45) is 22.9. The lowest BCUT2D eigenvalue weighted by atomic mass is 9.97. The number of hydrogen-bond donors (Lipinski definition) is 0. The first-order chi connectivity index (χ1) is 12.0. The molecule has 0 atom stereocenters. The molecule has 2 nitrogen and oxygen atoms in total. The first kappa shape index (κ1) is 24.2. The van der Waals surface area contributed by atoms with Crippen molar-refractivity contribution in [3.8, 4) is 0 Å². The Bertz CT molecular complexity index is 325. The Balaban J connectivity index is 3.17. The average Bonchev–Trinajstić information content (AvgIpc) is 2.56. The molecule has 148 valence electrons. The topological polar surface area (TPSA) is 26.3 Å². The summed E-state index contributed by atoms with van der Waals surface area (Å²) in [5.74, 6) is -0.0797. The molecule has 0 spiro atoms. The molecule has 0 aliphatic rings. The fraction of sp³-hybridized carbons (Fsp3) is 0.870. The number of hydrogen-bond acceptors (Lipinski definition) is 2.